The van der Waals surface area contributed by atoms with Crippen molar-refractivity contribution < 1.29 is 28.9 Å². The summed E-state index contributed by atoms with van der Waals surface area (Å²) in [7, 11) is 0. The van der Waals surface area contributed by atoms with E-state index in [9.17, 15) is 14.7 Å². The van der Waals surface area contributed by atoms with Crippen LogP contribution in [0.2, 0.25) is 0 Å². The number of aliphatic hydroxyl groups excluding tert-OH is 1. The second-order valence-electron chi connectivity index (χ2n) is 9.91. The van der Waals surface area contributed by atoms with E-state index in [2.05, 4.69) is 11.5 Å². The molecule has 1 unspecified atom stereocenters. The van der Waals surface area contributed by atoms with Gasteiger partial charge in [0.25, 0.3) is 11.7 Å². The highest BCUT2D eigenvalue weighted by Gasteiger charge is 2.46. The van der Waals surface area contributed by atoms with Gasteiger partial charge in [0.2, 0.25) is 0 Å². The van der Waals surface area contributed by atoms with Crippen molar-refractivity contribution in [3.8, 4) is 11.5 Å². The molecule has 0 spiro atoms. The summed E-state index contributed by atoms with van der Waals surface area (Å²) in [4.78, 5) is 30.5. The van der Waals surface area contributed by atoms with Crippen LogP contribution in [0.1, 0.15) is 22.7 Å². The molecule has 2 aliphatic rings. The van der Waals surface area contributed by atoms with Crippen molar-refractivity contribution in [3.63, 3.8) is 0 Å². The number of ketones is 1. The first-order valence-corrected chi connectivity index (χ1v) is 13.7. The molecule has 41 heavy (non-hydrogen) atoms. The third-order valence-electron chi connectivity index (χ3n) is 7.24. The second-order valence-corrected chi connectivity index (χ2v) is 9.91. The second kappa shape index (κ2) is 13.3. The number of morpholine rings is 1. The minimum Gasteiger partial charge on any atom is -0.507 e. The number of ether oxygens (including phenoxy) is 3. The van der Waals surface area contributed by atoms with Crippen molar-refractivity contribution in [2.24, 2.45) is 0 Å². The lowest BCUT2D eigenvalue weighted by molar-refractivity contribution is -0.140. The molecule has 0 radical (unpaired) electrons. The van der Waals surface area contributed by atoms with Gasteiger partial charge >= 0.3 is 0 Å². The van der Waals surface area contributed by atoms with Crippen molar-refractivity contribution in [2.75, 3.05) is 46.0 Å². The zero-order chi connectivity index (χ0) is 28.6. The van der Waals surface area contributed by atoms with E-state index in [4.69, 9.17) is 14.2 Å². The molecule has 0 aliphatic carbocycles. The summed E-state index contributed by atoms with van der Waals surface area (Å²) in [6, 6.07) is 23.2. The molecule has 212 valence electrons. The minimum absolute atomic E-state index is 0.0645. The summed E-state index contributed by atoms with van der Waals surface area (Å²) in [5.74, 6) is -0.276. The van der Waals surface area contributed by atoms with Gasteiger partial charge < -0.3 is 24.2 Å². The van der Waals surface area contributed by atoms with Crippen molar-refractivity contribution in [3.05, 3.63) is 114 Å². The maximum atomic E-state index is 13.4. The fraction of sp³-hybridized carbons (Fsp3) is 0.273. The summed E-state index contributed by atoms with van der Waals surface area (Å²) in [6.45, 7) is 8.19. The number of hydrogen-bond acceptors (Lipinski definition) is 7. The molecule has 1 amide bonds. The van der Waals surface area contributed by atoms with Crippen LogP contribution in [0, 0.1) is 0 Å². The van der Waals surface area contributed by atoms with Crippen LogP contribution in [-0.4, -0.2) is 72.6 Å². The Morgan fingerprint density at radius 1 is 0.902 bits per heavy atom. The Morgan fingerprint density at radius 2 is 1.56 bits per heavy atom. The van der Waals surface area contributed by atoms with E-state index in [-0.39, 0.29) is 11.3 Å². The van der Waals surface area contributed by atoms with E-state index in [1.165, 1.54) is 0 Å². The molecule has 2 saturated heterocycles. The standard InChI is InChI=1S/C33H34N2O6/c1-2-20-40-27-12-8-25(9-13-27)30-29(32(37)33(38)35(30)17-16-34-18-21-39-22-19-34)31(36)26-10-14-28(15-11-26)41-23-24-6-4-3-5-7-24/h2-15,30,36H,1,16-23H2/b31-29+. The normalized spacial score (nSPS) is 18.8. The summed E-state index contributed by atoms with van der Waals surface area (Å²) in [5, 5.41) is 11.4. The molecule has 1 N–H and O–H groups in total. The number of amides is 1. The largest absolute Gasteiger partial charge is 0.507 e. The van der Waals surface area contributed by atoms with Crippen molar-refractivity contribution in [1.29, 1.82) is 0 Å². The Labute approximate surface area is 240 Å². The average molecular weight is 555 g/mol. The molecule has 3 aromatic rings. The maximum Gasteiger partial charge on any atom is 0.295 e. The van der Waals surface area contributed by atoms with E-state index >= 15 is 0 Å². The SMILES string of the molecule is C=CCOc1ccc(C2/C(=C(\O)c3ccc(OCc4ccccc4)cc3)C(=O)C(=O)N2CCN2CCOCC2)cc1. The smallest absolute Gasteiger partial charge is 0.295 e. The number of nitrogens with zero attached hydrogens (tertiary/aromatic N) is 2. The molecule has 2 aliphatic heterocycles. The Bertz CT molecular complexity index is 1380. The number of carbonyl (C=O) groups excluding carboxylic acids is 2. The Morgan fingerprint density at radius 3 is 2.24 bits per heavy atom. The molecule has 2 fully saturated rings. The quantitative estimate of drug-likeness (QED) is 0.161. The van der Waals surface area contributed by atoms with Gasteiger partial charge in [0.05, 0.1) is 24.8 Å². The monoisotopic (exact) mass is 554 g/mol. The Hall–Kier alpha value is -4.40. The minimum atomic E-state index is -0.737. The van der Waals surface area contributed by atoms with Crippen LogP contribution in [0.4, 0.5) is 0 Å². The Kier molecular flexibility index (Phi) is 9.13. The van der Waals surface area contributed by atoms with Crippen LogP contribution in [0.25, 0.3) is 5.76 Å². The third-order valence-corrected chi connectivity index (χ3v) is 7.24. The van der Waals surface area contributed by atoms with E-state index in [1.807, 2.05) is 42.5 Å². The fourth-order valence-electron chi connectivity index (χ4n) is 5.04. The van der Waals surface area contributed by atoms with Gasteiger partial charge in [-0.3, -0.25) is 14.5 Å². The predicted molar refractivity (Wildman–Crippen MR) is 156 cm³/mol. The molecule has 1 atom stereocenters. The first kappa shape index (κ1) is 28.1. The fourth-order valence-corrected chi connectivity index (χ4v) is 5.04. The number of Topliss-reactive ketones (excluding diaryl/α,β-unsaturated/α-hetero) is 1. The molecule has 3 aromatic carbocycles. The van der Waals surface area contributed by atoms with Gasteiger partial charge in [-0.2, -0.15) is 0 Å². The number of likely N-dealkylation sites (tertiary alicyclic amines) is 1. The third kappa shape index (κ3) is 6.67. The highest BCUT2D eigenvalue weighted by molar-refractivity contribution is 6.46. The molecule has 0 saturated carbocycles. The van der Waals surface area contributed by atoms with Crippen LogP contribution in [-0.2, 0) is 20.9 Å². The van der Waals surface area contributed by atoms with E-state index in [0.29, 0.717) is 62.1 Å². The molecular formula is C33H34N2O6. The number of aliphatic hydroxyl groups is 1. The van der Waals surface area contributed by atoms with Crippen LogP contribution in [0.15, 0.2) is 97.1 Å². The molecule has 8 heteroatoms. The zero-order valence-corrected chi connectivity index (χ0v) is 22.9. The average Bonchev–Trinajstić information content (AvgIpc) is 3.28. The molecule has 8 nitrogen and oxygen atoms in total. The molecule has 2 heterocycles. The van der Waals surface area contributed by atoms with Gasteiger partial charge in [0, 0.05) is 31.7 Å². The zero-order valence-electron chi connectivity index (χ0n) is 22.9. The summed E-state index contributed by atoms with van der Waals surface area (Å²) >= 11 is 0. The molecule has 0 aromatic heterocycles. The van der Waals surface area contributed by atoms with Gasteiger partial charge in [-0.1, -0.05) is 55.1 Å². The Balaban J connectivity index is 1.42. The van der Waals surface area contributed by atoms with Crippen LogP contribution in [0.5, 0.6) is 11.5 Å². The highest BCUT2D eigenvalue weighted by Crippen LogP contribution is 2.40. The summed E-state index contributed by atoms with van der Waals surface area (Å²) < 4.78 is 16.9. The van der Waals surface area contributed by atoms with Gasteiger partial charge in [0.1, 0.15) is 30.5 Å². The molecular weight excluding hydrogens is 520 g/mol. The maximum absolute atomic E-state index is 13.4. The predicted octanol–water partition coefficient (Wildman–Crippen LogP) is 4.58. The molecule has 5 rings (SSSR count). The van der Waals surface area contributed by atoms with Crippen LogP contribution < -0.4 is 9.47 Å². The van der Waals surface area contributed by atoms with E-state index < -0.39 is 17.7 Å². The summed E-state index contributed by atoms with van der Waals surface area (Å²) in [6.07, 6.45) is 1.66. The summed E-state index contributed by atoms with van der Waals surface area (Å²) in [5.41, 5.74) is 2.24. The van der Waals surface area contributed by atoms with Gasteiger partial charge in [-0.15, -0.1) is 0 Å². The topological polar surface area (TPSA) is 88.5 Å². The molecule has 0 bridgehead atoms. The van der Waals surface area contributed by atoms with Crippen molar-refractivity contribution in [1.82, 2.24) is 9.80 Å². The van der Waals surface area contributed by atoms with E-state index in [0.717, 1.165) is 18.7 Å². The van der Waals surface area contributed by atoms with E-state index in [1.54, 1.807) is 47.4 Å². The van der Waals surface area contributed by atoms with Gasteiger partial charge in [-0.25, -0.2) is 0 Å². The number of carbonyl (C=O) groups is 2. The van der Waals surface area contributed by atoms with Gasteiger partial charge in [0.15, 0.2) is 0 Å². The van der Waals surface area contributed by atoms with Gasteiger partial charge in [-0.05, 0) is 47.5 Å². The first-order chi connectivity index (χ1) is 20.0. The first-order valence-electron chi connectivity index (χ1n) is 13.7. The van der Waals surface area contributed by atoms with Crippen LogP contribution >= 0.6 is 0 Å². The van der Waals surface area contributed by atoms with Crippen molar-refractivity contribution in [2.45, 2.75) is 12.6 Å². The number of hydrogen-bond donors (Lipinski definition) is 1. The lowest BCUT2D eigenvalue weighted by atomic mass is 9.95. The number of rotatable bonds is 11. The van der Waals surface area contributed by atoms with Crippen LogP contribution in [0.3, 0.4) is 0 Å². The van der Waals surface area contributed by atoms with Crippen molar-refractivity contribution >= 4 is 17.4 Å². The lowest BCUT2D eigenvalue weighted by Crippen LogP contribution is -2.42. The number of benzene rings is 3. The highest BCUT2D eigenvalue weighted by atomic mass is 16.5. The lowest BCUT2D eigenvalue weighted by Gasteiger charge is -2.31.